The Bertz CT molecular complexity index is 597. The van der Waals surface area contributed by atoms with Crippen LogP contribution >= 0.6 is 11.6 Å². The van der Waals surface area contributed by atoms with E-state index >= 15 is 0 Å². The first-order valence-corrected chi connectivity index (χ1v) is 7.52. The van der Waals surface area contributed by atoms with Gasteiger partial charge in [-0.1, -0.05) is 23.8 Å². The molecule has 20 heavy (non-hydrogen) atoms. The Morgan fingerprint density at radius 3 is 2.55 bits per heavy atom. The zero-order chi connectivity index (χ0) is 15.4. The summed E-state index contributed by atoms with van der Waals surface area (Å²) in [6, 6.07) is 2.56. The number of halogens is 4. The Balaban J connectivity index is 3.12. The van der Waals surface area contributed by atoms with Crippen molar-refractivity contribution in [3.63, 3.8) is 0 Å². The molecule has 0 aliphatic heterocycles. The van der Waals surface area contributed by atoms with Crippen LogP contribution in [0, 0.1) is 0 Å². The van der Waals surface area contributed by atoms with Gasteiger partial charge in [-0.25, -0.2) is 13.1 Å². The van der Waals surface area contributed by atoms with E-state index in [2.05, 4.69) is 4.72 Å². The normalized spacial score (nSPS) is 13.1. The minimum Gasteiger partial charge on any atom is -0.211 e. The predicted molar refractivity (Wildman–Crippen MR) is 71.1 cm³/mol. The quantitative estimate of drug-likeness (QED) is 0.663. The SMILES string of the molecule is C/C=C/CCNS(=O)(=O)c1ccc(Cl)cc1C(F)(F)F. The summed E-state index contributed by atoms with van der Waals surface area (Å²) < 4.78 is 64.4. The van der Waals surface area contributed by atoms with Gasteiger partial charge < -0.3 is 0 Å². The molecule has 1 N–H and O–H groups in total. The van der Waals surface area contributed by atoms with Crippen LogP contribution in [0.2, 0.25) is 5.02 Å². The molecule has 0 saturated heterocycles. The molecule has 0 fully saturated rings. The van der Waals surface area contributed by atoms with E-state index in [-0.39, 0.29) is 11.6 Å². The molecular formula is C12H13ClF3NO2S. The molecule has 0 bridgehead atoms. The molecule has 1 rings (SSSR count). The Hall–Kier alpha value is -1.05. The Kier molecular flexibility index (Phi) is 5.61. The molecule has 1 aromatic carbocycles. The first kappa shape index (κ1) is 17.0. The molecule has 0 aliphatic carbocycles. The average Bonchev–Trinajstić information content (AvgIpc) is 2.33. The molecule has 0 atom stereocenters. The summed E-state index contributed by atoms with van der Waals surface area (Å²) in [6.07, 6.45) is -0.976. The number of nitrogens with one attached hydrogen (secondary N) is 1. The highest BCUT2D eigenvalue weighted by atomic mass is 35.5. The van der Waals surface area contributed by atoms with E-state index in [9.17, 15) is 21.6 Å². The fraction of sp³-hybridized carbons (Fsp3) is 0.333. The molecule has 0 radical (unpaired) electrons. The second kappa shape index (κ2) is 6.60. The van der Waals surface area contributed by atoms with E-state index in [1.165, 1.54) is 0 Å². The van der Waals surface area contributed by atoms with Crippen molar-refractivity contribution in [2.45, 2.75) is 24.4 Å². The summed E-state index contributed by atoms with van der Waals surface area (Å²) in [5, 5.41) is -0.176. The molecule has 0 amide bonds. The van der Waals surface area contributed by atoms with Crippen molar-refractivity contribution in [3.05, 3.63) is 40.9 Å². The van der Waals surface area contributed by atoms with Crippen LogP contribution in [0.4, 0.5) is 13.2 Å². The fourth-order valence-corrected chi connectivity index (χ4v) is 2.90. The monoisotopic (exact) mass is 327 g/mol. The highest BCUT2D eigenvalue weighted by Crippen LogP contribution is 2.35. The fourth-order valence-electron chi connectivity index (χ4n) is 1.48. The molecule has 0 aromatic heterocycles. The van der Waals surface area contributed by atoms with Crippen molar-refractivity contribution in [1.29, 1.82) is 0 Å². The van der Waals surface area contributed by atoms with Crippen LogP contribution in [0.5, 0.6) is 0 Å². The lowest BCUT2D eigenvalue weighted by molar-refractivity contribution is -0.139. The van der Waals surface area contributed by atoms with Gasteiger partial charge in [0.1, 0.15) is 0 Å². The Labute approximate surface area is 120 Å². The van der Waals surface area contributed by atoms with Gasteiger partial charge in [-0.3, -0.25) is 0 Å². The van der Waals surface area contributed by atoms with Crippen molar-refractivity contribution >= 4 is 21.6 Å². The second-order valence-electron chi connectivity index (χ2n) is 3.89. The van der Waals surface area contributed by atoms with E-state index < -0.39 is 26.7 Å². The van der Waals surface area contributed by atoms with Crippen LogP contribution < -0.4 is 4.72 Å². The van der Waals surface area contributed by atoms with Crippen molar-refractivity contribution in [1.82, 2.24) is 4.72 Å². The third-order valence-electron chi connectivity index (χ3n) is 2.38. The summed E-state index contributed by atoms with van der Waals surface area (Å²) in [4.78, 5) is -0.824. The van der Waals surface area contributed by atoms with Gasteiger partial charge in [-0.05, 0) is 31.5 Å². The number of allylic oxidation sites excluding steroid dienone is 1. The maximum absolute atomic E-state index is 12.8. The molecule has 1 aromatic rings. The third kappa shape index (κ3) is 4.50. The lowest BCUT2D eigenvalue weighted by Gasteiger charge is -2.14. The summed E-state index contributed by atoms with van der Waals surface area (Å²) in [5.74, 6) is 0. The van der Waals surface area contributed by atoms with Gasteiger partial charge in [0.15, 0.2) is 0 Å². The maximum Gasteiger partial charge on any atom is 0.417 e. The molecule has 0 heterocycles. The number of sulfonamides is 1. The van der Waals surface area contributed by atoms with Crippen molar-refractivity contribution < 1.29 is 21.6 Å². The van der Waals surface area contributed by atoms with Crippen molar-refractivity contribution in [2.24, 2.45) is 0 Å². The van der Waals surface area contributed by atoms with Crippen LogP contribution in [0.25, 0.3) is 0 Å². The molecule has 3 nitrogen and oxygen atoms in total. The maximum atomic E-state index is 12.8. The van der Waals surface area contributed by atoms with Gasteiger partial charge in [-0.2, -0.15) is 13.2 Å². The van der Waals surface area contributed by atoms with Gasteiger partial charge >= 0.3 is 6.18 Å². The van der Waals surface area contributed by atoms with Crippen LogP contribution in [0.3, 0.4) is 0 Å². The van der Waals surface area contributed by atoms with E-state index in [0.717, 1.165) is 12.1 Å². The summed E-state index contributed by atoms with van der Waals surface area (Å²) in [6.45, 7) is 1.78. The molecule has 112 valence electrons. The van der Waals surface area contributed by atoms with E-state index in [0.29, 0.717) is 12.5 Å². The smallest absolute Gasteiger partial charge is 0.211 e. The number of benzene rings is 1. The minimum atomic E-state index is -4.79. The Morgan fingerprint density at radius 2 is 2.00 bits per heavy atom. The lowest BCUT2D eigenvalue weighted by Crippen LogP contribution is -2.27. The summed E-state index contributed by atoms with van der Waals surface area (Å²) >= 11 is 5.49. The summed E-state index contributed by atoms with van der Waals surface area (Å²) in [5.41, 5.74) is -1.27. The highest BCUT2D eigenvalue weighted by molar-refractivity contribution is 7.89. The van der Waals surface area contributed by atoms with Crippen LogP contribution in [-0.2, 0) is 16.2 Å². The molecule has 0 unspecified atom stereocenters. The van der Waals surface area contributed by atoms with Crippen LogP contribution in [-0.4, -0.2) is 15.0 Å². The van der Waals surface area contributed by atoms with Gasteiger partial charge in [0, 0.05) is 11.6 Å². The Morgan fingerprint density at radius 1 is 1.35 bits per heavy atom. The first-order chi connectivity index (χ1) is 9.18. The number of rotatable bonds is 5. The molecule has 0 aliphatic rings. The van der Waals surface area contributed by atoms with Crippen molar-refractivity contribution in [3.8, 4) is 0 Å². The van der Waals surface area contributed by atoms with Gasteiger partial charge in [0.05, 0.1) is 10.5 Å². The third-order valence-corrected chi connectivity index (χ3v) is 4.13. The average molecular weight is 328 g/mol. The van der Waals surface area contributed by atoms with E-state index in [1.54, 1.807) is 19.1 Å². The second-order valence-corrected chi connectivity index (χ2v) is 6.07. The van der Waals surface area contributed by atoms with E-state index in [1.807, 2.05) is 0 Å². The zero-order valence-electron chi connectivity index (χ0n) is 10.5. The largest absolute Gasteiger partial charge is 0.417 e. The lowest BCUT2D eigenvalue weighted by atomic mass is 10.2. The van der Waals surface area contributed by atoms with Crippen LogP contribution in [0.15, 0.2) is 35.2 Å². The molecule has 0 spiro atoms. The first-order valence-electron chi connectivity index (χ1n) is 5.66. The number of hydrogen-bond acceptors (Lipinski definition) is 2. The topological polar surface area (TPSA) is 46.2 Å². The van der Waals surface area contributed by atoms with Gasteiger partial charge in [-0.15, -0.1) is 0 Å². The summed E-state index contributed by atoms with van der Waals surface area (Å²) in [7, 11) is -4.23. The molecule has 8 heteroatoms. The number of hydrogen-bond donors (Lipinski definition) is 1. The predicted octanol–water partition coefficient (Wildman–Crippen LogP) is 3.60. The number of alkyl halides is 3. The minimum absolute atomic E-state index is 0.0204. The highest BCUT2D eigenvalue weighted by Gasteiger charge is 2.37. The van der Waals surface area contributed by atoms with Gasteiger partial charge in [0.2, 0.25) is 10.0 Å². The molecular weight excluding hydrogens is 315 g/mol. The molecule has 0 saturated carbocycles. The van der Waals surface area contributed by atoms with Crippen LogP contribution in [0.1, 0.15) is 18.9 Å². The van der Waals surface area contributed by atoms with Gasteiger partial charge in [0.25, 0.3) is 0 Å². The van der Waals surface area contributed by atoms with Crippen molar-refractivity contribution in [2.75, 3.05) is 6.54 Å². The standard InChI is InChI=1S/C12H13ClF3NO2S/c1-2-3-4-7-17-20(18,19)11-6-5-9(13)8-10(11)12(14,15)16/h2-3,5-6,8,17H,4,7H2,1H3/b3-2+. The zero-order valence-corrected chi connectivity index (χ0v) is 12.1. The van der Waals surface area contributed by atoms with E-state index in [4.69, 9.17) is 11.6 Å².